The fourth-order valence-electron chi connectivity index (χ4n) is 3.31. The Balaban J connectivity index is 2.04. The van der Waals surface area contributed by atoms with Crippen LogP contribution in [-0.2, 0) is 7.05 Å². The maximum Gasteiger partial charge on any atom is 0.216 e. The Morgan fingerprint density at radius 2 is 1.92 bits per heavy atom. The molecule has 0 N–H and O–H groups in total. The van der Waals surface area contributed by atoms with Crippen LogP contribution >= 0.6 is 0 Å². The lowest BCUT2D eigenvalue weighted by molar-refractivity contribution is -0.660. The molecule has 3 nitrogen and oxygen atoms in total. The Morgan fingerprint density at radius 3 is 2.67 bits per heavy atom. The van der Waals surface area contributed by atoms with Gasteiger partial charge in [-0.15, -0.1) is 0 Å². The van der Waals surface area contributed by atoms with Gasteiger partial charge in [0.2, 0.25) is 5.69 Å². The molecule has 0 aliphatic rings. The van der Waals surface area contributed by atoms with Crippen LogP contribution in [0, 0.1) is 6.92 Å². The van der Waals surface area contributed by atoms with Crippen LogP contribution in [0.25, 0.3) is 33.3 Å². The highest BCUT2D eigenvalue weighted by Crippen LogP contribution is 2.35. The third kappa shape index (κ3) is 2.20. The molecule has 0 spiro atoms. The van der Waals surface area contributed by atoms with Crippen LogP contribution in [0.1, 0.15) is 30.9 Å². The molecule has 0 fully saturated rings. The molecule has 0 aliphatic carbocycles. The van der Waals surface area contributed by atoms with Gasteiger partial charge in [0.1, 0.15) is 12.6 Å². The zero-order valence-corrected chi connectivity index (χ0v) is 14.5. The summed E-state index contributed by atoms with van der Waals surface area (Å²) in [5.41, 5.74) is 7.50. The molecule has 3 aromatic heterocycles. The average molecular weight is 317 g/mol. The number of rotatable bonds is 2. The monoisotopic (exact) mass is 317 g/mol. The second-order valence-corrected chi connectivity index (χ2v) is 6.70. The number of hydrogen-bond acceptors (Lipinski definition) is 2. The lowest BCUT2D eigenvalue weighted by atomic mass is 9.99. The summed E-state index contributed by atoms with van der Waals surface area (Å²) in [7, 11) is 2.10. The summed E-state index contributed by atoms with van der Waals surface area (Å²) >= 11 is 0. The Kier molecular flexibility index (Phi) is 3.38. The minimum atomic E-state index is 0.512. The van der Waals surface area contributed by atoms with E-state index >= 15 is 0 Å². The van der Waals surface area contributed by atoms with Gasteiger partial charge in [0.15, 0.2) is 17.4 Å². The van der Waals surface area contributed by atoms with Gasteiger partial charge in [-0.05, 0) is 42.7 Å². The van der Waals surface area contributed by atoms with E-state index in [4.69, 9.17) is 4.42 Å². The largest absolute Gasteiger partial charge is 0.453 e. The highest BCUT2D eigenvalue weighted by molar-refractivity contribution is 6.07. The first-order chi connectivity index (χ1) is 11.6. The Bertz CT molecular complexity index is 1060. The first-order valence-corrected chi connectivity index (χ1v) is 8.33. The topological polar surface area (TPSA) is 29.9 Å². The quantitative estimate of drug-likeness (QED) is 0.492. The third-order valence-corrected chi connectivity index (χ3v) is 4.68. The van der Waals surface area contributed by atoms with E-state index in [1.807, 2.05) is 18.3 Å². The van der Waals surface area contributed by atoms with Crippen molar-refractivity contribution in [1.29, 1.82) is 0 Å². The van der Waals surface area contributed by atoms with Crippen LogP contribution < -0.4 is 4.57 Å². The van der Waals surface area contributed by atoms with Crippen LogP contribution in [0.2, 0.25) is 0 Å². The number of fused-ring (bicyclic) bond motifs is 3. The molecule has 0 aliphatic heterocycles. The predicted molar refractivity (Wildman–Crippen MR) is 97.0 cm³/mol. The zero-order valence-electron chi connectivity index (χ0n) is 14.5. The SMILES string of the molecule is Cc1ccc2c(oc3cccnc32)c1-c1ccc(C(C)C)c[n+]1C. The first-order valence-electron chi connectivity index (χ1n) is 8.33. The molecule has 3 heteroatoms. The Morgan fingerprint density at radius 1 is 1.08 bits per heavy atom. The summed E-state index contributed by atoms with van der Waals surface area (Å²) in [6.45, 7) is 6.56. The number of nitrogens with zero attached hydrogens (tertiary/aromatic N) is 2. The van der Waals surface area contributed by atoms with Gasteiger partial charge < -0.3 is 4.42 Å². The first kappa shape index (κ1) is 14.9. The third-order valence-electron chi connectivity index (χ3n) is 4.68. The van der Waals surface area contributed by atoms with Gasteiger partial charge in [-0.1, -0.05) is 19.9 Å². The predicted octanol–water partition coefficient (Wildman–Crippen LogP) is 4.90. The molecule has 4 rings (SSSR count). The second-order valence-electron chi connectivity index (χ2n) is 6.70. The maximum absolute atomic E-state index is 6.18. The average Bonchev–Trinajstić information content (AvgIpc) is 2.94. The van der Waals surface area contributed by atoms with E-state index in [9.17, 15) is 0 Å². The van der Waals surface area contributed by atoms with Gasteiger partial charge in [0.25, 0.3) is 0 Å². The molecule has 0 radical (unpaired) electrons. The molecule has 4 aromatic rings. The van der Waals surface area contributed by atoms with E-state index < -0.39 is 0 Å². The van der Waals surface area contributed by atoms with E-state index in [1.165, 1.54) is 11.1 Å². The smallest absolute Gasteiger partial charge is 0.216 e. The van der Waals surface area contributed by atoms with E-state index in [0.717, 1.165) is 33.3 Å². The summed E-state index contributed by atoms with van der Waals surface area (Å²) in [6.07, 6.45) is 4.02. The van der Waals surface area contributed by atoms with Crippen molar-refractivity contribution in [3.05, 3.63) is 59.9 Å². The molecule has 24 heavy (non-hydrogen) atoms. The van der Waals surface area contributed by atoms with Gasteiger partial charge in [0.05, 0.1) is 5.56 Å². The van der Waals surface area contributed by atoms with Crippen molar-refractivity contribution >= 4 is 22.1 Å². The van der Waals surface area contributed by atoms with E-state index in [2.05, 4.69) is 67.8 Å². The molecule has 0 bridgehead atoms. The van der Waals surface area contributed by atoms with Gasteiger partial charge >= 0.3 is 0 Å². The summed E-state index contributed by atoms with van der Waals surface area (Å²) in [5, 5.41) is 1.07. The molecule has 0 amide bonds. The van der Waals surface area contributed by atoms with Crippen LogP contribution in [0.3, 0.4) is 0 Å². The van der Waals surface area contributed by atoms with Gasteiger partial charge in [-0.3, -0.25) is 4.98 Å². The Labute approximate surface area is 141 Å². The normalized spacial score (nSPS) is 11.7. The van der Waals surface area contributed by atoms with Crippen molar-refractivity contribution in [1.82, 2.24) is 4.98 Å². The van der Waals surface area contributed by atoms with Crippen molar-refractivity contribution < 1.29 is 8.98 Å². The van der Waals surface area contributed by atoms with Crippen LogP contribution in [0.5, 0.6) is 0 Å². The number of hydrogen-bond donors (Lipinski definition) is 0. The van der Waals surface area contributed by atoms with Gasteiger partial charge in [-0.2, -0.15) is 0 Å². The molecular formula is C21H21N2O+. The minimum absolute atomic E-state index is 0.512. The van der Waals surface area contributed by atoms with Crippen molar-refractivity contribution in [2.24, 2.45) is 7.05 Å². The van der Waals surface area contributed by atoms with Crippen LogP contribution in [-0.4, -0.2) is 4.98 Å². The molecule has 120 valence electrons. The van der Waals surface area contributed by atoms with Crippen molar-refractivity contribution in [2.45, 2.75) is 26.7 Å². The number of benzene rings is 1. The van der Waals surface area contributed by atoms with E-state index in [-0.39, 0.29) is 0 Å². The number of pyridine rings is 2. The molecule has 1 aromatic carbocycles. The van der Waals surface area contributed by atoms with Crippen molar-refractivity contribution in [3.63, 3.8) is 0 Å². The van der Waals surface area contributed by atoms with Gasteiger partial charge in [0, 0.05) is 23.2 Å². The lowest BCUT2D eigenvalue weighted by Gasteiger charge is -2.08. The molecular weight excluding hydrogens is 296 g/mol. The Hall–Kier alpha value is -2.68. The van der Waals surface area contributed by atoms with Crippen LogP contribution in [0.4, 0.5) is 0 Å². The molecule has 0 saturated heterocycles. The lowest BCUT2D eigenvalue weighted by Crippen LogP contribution is -2.31. The summed E-state index contributed by atoms with van der Waals surface area (Å²) in [4.78, 5) is 4.49. The summed E-state index contributed by atoms with van der Waals surface area (Å²) in [6, 6.07) is 12.5. The molecule has 3 heterocycles. The highest BCUT2D eigenvalue weighted by Gasteiger charge is 2.21. The second kappa shape index (κ2) is 5.45. The summed E-state index contributed by atoms with van der Waals surface area (Å²) in [5.74, 6) is 0.512. The molecule has 0 atom stereocenters. The van der Waals surface area contributed by atoms with E-state index in [1.54, 1.807) is 0 Å². The highest BCUT2D eigenvalue weighted by atomic mass is 16.3. The fraction of sp³-hybridized carbons (Fsp3) is 0.238. The minimum Gasteiger partial charge on any atom is -0.453 e. The number of aromatic nitrogens is 2. The van der Waals surface area contributed by atoms with E-state index in [0.29, 0.717) is 5.92 Å². The number of furan rings is 1. The number of aryl methyl sites for hydroxylation is 2. The molecule has 0 saturated carbocycles. The van der Waals surface area contributed by atoms with Crippen molar-refractivity contribution in [3.8, 4) is 11.3 Å². The molecule has 0 unspecified atom stereocenters. The van der Waals surface area contributed by atoms with Crippen LogP contribution in [0.15, 0.2) is 53.2 Å². The van der Waals surface area contributed by atoms with Gasteiger partial charge in [-0.25, -0.2) is 4.57 Å². The zero-order chi connectivity index (χ0) is 16.8. The standard InChI is InChI=1S/C21H21N2O/c1-13(2)15-8-10-17(23(4)12-15)19-14(3)7-9-16-20-18(24-21(16)19)6-5-11-22-20/h5-13H,1-4H3/q+1. The summed E-state index contributed by atoms with van der Waals surface area (Å²) < 4.78 is 8.37. The maximum atomic E-state index is 6.18. The van der Waals surface area contributed by atoms with Crippen molar-refractivity contribution in [2.75, 3.05) is 0 Å². The fourth-order valence-corrected chi connectivity index (χ4v) is 3.31.